The van der Waals surface area contributed by atoms with E-state index in [2.05, 4.69) is 15.5 Å². The normalized spacial score (nSPS) is 11.4. The second kappa shape index (κ2) is 12.7. The number of thiophene rings is 1. The summed E-state index contributed by atoms with van der Waals surface area (Å²) in [6, 6.07) is 8.45. The van der Waals surface area contributed by atoms with Gasteiger partial charge in [-0.15, -0.1) is 11.3 Å². The molecule has 0 atom stereocenters. The first-order valence-corrected chi connectivity index (χ1v) is 13.6. The van der Waals surface area contributed by atoms with Gasteiger partial charge in [-0.05, 0) is 49.9 Å². The topological polar surface area (TPSA) is 98.8 Å². The van der Waals surface area contributed by atoms with Gasteiger partial charge in [-0.1, -0.05) is 19.9 Å². The van der Waals surface area contributed by atoms with E-state index in [-0.39, 0.29) is 23.1 Å². The first-order chi connectivity index (χ1) is 15.8. The predicted molar refractivity (Wildman–Crippen MR) is 135 cm³/mol. The smallest absolute Gasteiger partial charge is 0.261 e. The Morgan fingerprint density at radius 3 is 2.27 bits per heavy atom. The summed E-state index contributed by atoms with van der Waals surface area (Å²) in [4.78, 5) is 27.5. The summed E-state index contributed by atoms with van der Waals surface area (Å²) >= 11 is 1.37. The van der Waals surface area contributed by atoms with Gasteiger partial charge in [0.1, 0.15) is 0 Å². The van der Waals surface area contributed by atoms with Crippen LogP contribution in [0.5, 0.6) is 0 Å². The molecule has 0 saturated heterocycles. The zero-order chi connectivity index (χ0) is 24.4. The molecule has 0 fully saturated rings. The predicted octanol–water partition coefficient (Wildman–Crippen LogP) is 3.77. The minimum absolute atomic E-state index is 0.150. The van der Waals surface area contributed by atoms with Crippen molar-refractivity contribution in [2.45, 2.75) is 45.4 Å². The minimum Gasteiger partial charge on any atom is -0.370 e. The number of hydrogen-bond donors (Lipinski definition) is 2. The molecule has 0 bridgehead atoms. The number of nitrogens with zero attached hydrogens (tertiary/aromatic N) is 2. The standard InChI is InChI=1S/C23H34N4O4S2/c1-5-26(6-2)20-14-13-18(33(30,31)27(7-3)8-4)17-19(20)25-22(28)12-9-15-24-23(29)21-11-10-16-32-21/h10-11,13-14,16-17H,5-9,12,15H2,1-4H3,(H,24,29)(H,25,28). The zero-order valence-electron chi connectivity index (χ0n) is 19.8. The fourth-order valence-corrected chi connectivity index (χ4v) is 5.61. The Morgan fingerprint density at radius 2 is 1.70 bits per heavy atom. The van der Waals surface area contributed by atoms with Crippen molar-refractivity contribution in [3.63, 3.8) is 0 Å². The number of carbonyl (C=O) groups is 2. The van der Waals surface area contributed by atoms with Crippen LogP contribution >= 0.6 is 11.3 Å². The van der Waals surface area contributed by atoms with Crippen LogP contribution in [0.4, 0.5) is 11.4 Å². The number of amides is 2. The van der Waals surface area contributed by atoms with Gasteiger partial charge in [0.25, 0.3) is 5.91 Å². The van der Waals surface area contributed by atoms with Crippen LogP contribution in [-0.2, 0) is 14.8 Å². The van der Waals surface area contributed by atoms with Crippen molar-refractivity contribution in [2.24, 2.45) is 0 Å². The van der Waals surface area contributed by atoms with Crippen molar-refractivity contribution in [3.8, 4) is 0 Å². The molecular formula is C23H34N4O4S2. The molecule has 0 radical (unpaired) electrons. The molecule has 2 amide bonds. The van der Waals surface area contributed by atoms with Crippen LogP contribution in [0.1, 0.15) is 50.2 Å². The fourth-order valence-electron chi connectivity index (χ4n) is 3.49. The second-order valence-corrected chi connectivity index (χ2v) is 10.2. The molecule has 1 aromatic heterocycles. The van der Waals surface area contributed by atoms with E-state index in [0.717, 1.165) is 18.8 Å². The van der Waals surface area contributed by atoms with Gasteiger partial charge in [0.15, 0.2) is 0 Å². The van der Waals surface area contributed by atoms with E-state index in [0.29, 0.717) is 36.6 Å². The molecule has 33 heavy (non-hydrogen) atoms. The maximum atomic E-state index is 13.0. The van der Waals surface area contributed by atoms with E-state index in [1.54, 1.807) is 32.0 Å². The highest BCUT2D eigenvalue weighted by molar-refractivity contribution is 7.89. The van der Waals surface area contributed by atoms with Crippen LogP contribution in [0.2, 0.25) is 0 Å². The number of nitrogens with one attached hydrogen (secondary N) is 2. The SMILES string of the molecule is CCN(CC)c1ccc(S(=O)(=O)N(CC)CC)cc1NC(=O)CCCNC(=O)c1cccs1. The average molecular weight is 495 g/mol. The van der Waals surface area contributed by atoms with Crippen LogP contribution in [0.3, 0.4) is 0 Å². The molecule has 0 aliphatic heterocycles. The number of benzene rings is 1. The Kier molecular flexibility index (Phi) is 10.3. The van der Waals surface area contributed by atoms with Crippen LogP contribution in [0.25, 0.3) is 0 Å². The van der Waals surface area contributed by atoms with E-state index in [1.165, 1.54) is 21.7 Å². The number of carbonyl (C=O) groups excluding carboxylic acids is 2. The highest BCUT2D eigenvalue weighted by Gasteiger charge is 2.24. The summed E-state index contributed by atoms with van der Waals surface area (Å²) in [6.45, 7) is 10.2. The Bertz CT molecular complexity index is 1020. The first-order valence-electron chi connectivity index (χ1n) is 11.3. The van der Waals surface area contributed by atoms with Crippen LogP contribution < -0.4 is 15.5 Å². The van der Waals surface area contributed by atoms with E-state index in [1.807, 2.05) is 25.3 Å². The van der Waals surface area contributed by atoms with Crippen molar-refractivity contribution in [3.05, 3.63) is 40.6 Å². The molecular weight excluding hydrogens is 460 g/mol. The summed E-state index contributed by atoms with van der Waals surface area (Å²) in [6.07, 6.45) is 0.677. The lowest BCUT2D eigenvalue weighted by atomic mass is 10.2. The maximum absolute atomic E-state index is 13.0. The fraction of sp³-hybridized carbons (Fsp3) is 0.478. The number of sulfonamides is 1. The van der Waals surface area contributed by atoms with Gasteiger partial charge in [0, 0.05) is 39.1 Å². The molecule has 2 aromatic rings. The highest BCUT2D eigenvalue weighted by atomic mass is 32.2. The third-order valence-electron chi connectivity index (χ3n) is 5.30. The van der Waals surface area contributed by atoms with Crippen LogP contribution in [0, 0.1) is 0 Å². The summed E-state index contributed by atoms with van der Waals surface area (Å²) in [5.74, 6) is -0.380. The summed E-state index contributed by atoms with van der Waals surface area (Å²) < 4.78 is 27.4. The van der Waals surface area contributed by atoms with E-state index >= 15 is 0 Å². The summed E-state index contributed by atoms with van der Waals surface area (Å²) in [5, 5.41) is 7.53. The van der Waals surface area contributed by atoms with Gasteiger partial charge in [-0.2, -0.15) is 4.31 Å². The largest absolute Gasteiger partial charge is 0.370 e. The van der Waals surface area contributed by atoms with Gasteiger partial charge in [-0.25, -0.2) is 8.42 Å². The number of hydrogen-bond acceptors (Lipinski definition) is 6. The molecule has 0 aliphatic carbocycles. The third-order valence-corrected chi connectivity index (χ3v) is 8.22. The zero-order valence-corrected chi connectivity index (χ0v) is 21.4. The lowest BCUT2D eigenvalue weighted by Crippen LogP contribution is -2.31. The van der Waals surface area contributed by atoms with Crippen molar-refractivity contribution < 1.29 is 18.0 Å². The first kappa shape index (κ1) is 26.8. The van der Waals surface area contributed by atoms with Crippen molar-refractivity contribution in [2.75, 3.05) is 42.9 Å². The molecule has 0 aliphatic rings. The molecule has 0 unspecified atom stereocenters. The van der Waals surface area contributed by atoms with E-state index < -0.39 is 10.0 Å². The van der Waals surface area contributed by atoms with Crippen molar-refractivity contribution in [1.82, 2.24) is 9.62 Å². The van der Waals surface area contributed by atoms with Gasteiger partial charge >= 0.3 is 0 Å². The van der Waals surface area contributed by atoms with E-state index in [9.17, 15) is 18.0 Å². The lowest BCUT2D eigenvalue weighted by molar-refractivity contribution is -0.116. The Balaban J connectivity index is 2.12. The number of rotatable bonds is 13. The summed E-state index contributed by atoms with van der Waals surface area (Å²) in [5.41, 5.74) is 1.25. The third kappa shape index (κ3) is 7.02. The quantitative estimate of drug-likeness (QED) is 0.413. The van der Waals surface area contributed by atoms with Gasteiger partial charge in [0.05, 0.1) is 21.1 Å². The Hall–Kier alpha value is -2.43. The van der Waals surface area contributed by atoms with E-state index in [4.69, 9.17) is 0 Å². The average Bonchev–Trinajstić information content (AvgIpc) is 3.34. The van der Waals surface area contributed by atoms with Crippen molar-refractivity contribution >= 4 is 44.5 Å². The molecule has 8 nitrogen and oxygen atoms in total. The monoisotopic (exact) mass is 494 g/mol. The lowest BCUT2D eigenvalue weighted by Gasteiger charge is -2.26. The molecule has 1 aromatic carbocycles. The van der Waals surface area contributed by atoms with Crippen LogP contribution in [0.15, 0.2) is 40.6 Å². The maximum Gasteiger partial charge on any atom is 0.261 e. The Labute approximate surface area is 201 Å². The summed E-state index contributed by atoms with van der Waals surface area (Å²) in [7, 11) is -3.65. The number of anilines is 2. The van der Waals surface area contributed by atoms with Gasteiger partial charge in [-0.3, -0.25) is 9.59 Å². The van der Waals surface area contributed by atoms with Gasteiger partial charge < -0.3 is 15.5 Å². The van der Waals surface area contributed by atoms with Crippen LogP contribution in [-0.4, -0.2) is 57.3 Å². The Morgan fingerprint density at radius 1 is 1.00 bits per heavy atom. The molecule has 182 valence electrons. The molecule has 0 saturated carbocycles. The minimum atomic E-state index is -3.65. The van der Waals surface area contributed by atoms with Gasteiger partial charge in [0.2, 0.25) is 15.9 Å². The second-order valence-electron chi connectivity index (χ2n) is 7.33. The van der Waals surface area contributed by atoms with Crippen molar-refractivity contribution in [1.29, 1.82) is 0 Å². The molecule has 2 rings (SSSR count). The highest BCUT2D eigenvalue weighted by Crippen LogP contribution is 2.30. The molecule has 2 N–H and O–H groups in total. The molecule has 1 heterocycles. The molecule has 10 heteroatoms. The molecule has 0 spiro atoms.